The first-order valence-corrected chi connectivity index (χ1v) is 6.90. The van der Waals surface area contributed by atoms with Crippen molar-refractivity contribution in [1.82, 2.24) is 0 Å². The summed E-state index contributed by atoms with van der Waals surface area (Å²) in [6, 6.07) is 9.33. The minimum atomic E-state index is -0.785. The Morgan fingerprint density at radius 2 is 2.30 bits per heavy atom. The first-order chi connectivity index (χ1) is 9.72. The number of methoxy groups -OCH3 is 1. The molecule has 0 N–H and O–H groups in total. The van der Waals surface area contributed by atoms with Crippen LogP contribution in [0.25, 0.3) is 0 Å². The van der Waals surface area contributed by atoms with Gasteiger partial charge in [0.2, 0.25) is 0 Å². The number of carbonyl (C=O) groups excluding carboxylic acids is 1. The summed E-state index contributed by atoms with van der Waals surface area (Å²) >= 11 is 0. The Morgan fingerprint density at radius 1 is 1.55 bits per heavy atom. The molecule has 1 heterocycles. The SMILES string of the molecule is CCC1OCCC1C(=O)C(C#N)c1ccccc1OC. The van der Waals surface area contributed by atoms with Crippen molar-refractivity contribution in [3.05, 3.63) is 29.8 Å². The standard InChI is InChI=1S/C16H19NO3/c1-3-14-12(8-9-20-14)16(18)13(10-17)11-6-4-5-7-15(11)19-2/h4-7,12-14H,3,8-9H2,1-2H3. The number of nitrogens with zero attached hydrogens (tertiary/aromatic N) is 1. The van der Waals surface area contributed by atoms with Gasteiger partial charge in [-0.15, -0.1) is 0 Å². The van der Waals surface area contributed by atoms with Crippen LogP contribution >= 0.6 is 0 Å². The van der Waals surface area contributed by atoms with Crippen LogP contribution in [0, 0.1) is 17.2 Å². The number of nitriles is 1. The van der Waals surface area contributed by atoms with Gasteiger partial charge in [-0.1, -0.05) is 25.1 Å². The van der Waals surface area contributed by atoms with Crippen LogP contribution in [0.1, 0.15) is 31.2 Å². The lowest BCUT2D eigenvalue weighted by atomic mass is 9.84. The number of hydrogen-bond donors (Lipinski definition) is 0. The summed E-state index contributed by atoms with van der Waals surface area (Å²) in [4.78, 5) is 12.7. The van der Waals surface area contributed by atoms with E-state index >= 15 is 0 Å². The molecule has 1 aliphatic heterocycles. The molecule has 0 bridgehead atoms. The Hall–Kier alpha value is -1.86. The molecule has 0 saturated carbocycles. The van der Waals surface area contributed by atoms with Gasteiger partial charge in [0.15, 0.2) is 5.78 Å². The first-order valence-electron chi connectivity index (χ1n) is 6.90. The Kier molecular flexibility index (Phi) is 4.75. The van der Waals surface area contributed by atoms with Crippen molar-refractivity contribution in [2.75, 3.05) is 13.7 Å². The first kappa shape index (κ1) is 14.5. The molecule has 0 radical (unpaired) electrons. The summed E-state index contributed by atoms with van der Waals surface area (Å²) in [5, 5.41) is 9.42. The predicted octanol–water partition coefficient (Wildman–Crippen LogP) is 2.69. The number of para-hydroxylation sites is 1. The third-order valence-corrected chi connectivity index (χ3v) is 3.84. The minimum Gasteiger partial charge on any atom is -0.496 e. The number of carbonyl (C=O) groups is 1. The van der Waals surface area contributed by atoms with Gasteiger partial charge in [-0.3, -0.25) is 4.79 Å². The molecule has 1 aliphatic rings. The number of ether oxygens (including phenoxy) is 2. The highest BCUT2D eigenvalue weighted by molar-refractivity contribution is 5.91. The molecule has 0 aromatic heterocycles. The second kappa shape index (κ2) is 6.53. The zero-order chi connectivity index (χ0) is 14.5. The lowest BCUT2D eigenvalue weighted by Crippen LogP contribution is -2.28. The third-order valence-electron chi connectivity index (χ3n) is 3.84. The van der Waals surface area contributed by atoms with E-state index in [4.69, 9.17) is 9.47 Å². The van der Waals surface area contributed by atoms with Gasteiger partial charge in [-0.25, -0.2) is 0 Å². The largest absolute Gasteiger partial charge is 0.496 e. The van der Waals surface area contributed by atoms with Crippen LogP contribution in [0.5, 0.6) is 5.75 Å². The van der Waals surface area contributed by atoms with Crippen LogP contribution in [0.15, 0.2) is 24.3 Å². The fourth-order valence-corrected chi connectivity index (χ4v) is 2.78. The van der Waals surface area contributed by atoms with Crippen molar-refractivity contribution >= 4 is 5.78 Å². The molecule has 1 fully saturated rings. The van der Waals surface area contributed by atoms with Crippen molar-refractivity contribution in [1.29, 1.82) is 5.26 Å². The molecule has 0 aliphatic carbocycles. The summed E-state index contributed by atoms with van der Waals surface area (Å²) in [5.74, 6) is -0.442. The summed E-state index contributed by atoms with van der Waals surface area (Å²) in [5.41, 5.74) is 0.643. The molecule has 106 valence electrons. The van der Waals surface area contributed by atoms with E-state index < -0.39 is 5.92 Å². The summed E-state index contributed by atoms with van der Waals surface area (Å²) in [6.07, 6.45) is 1.43. The Labute approximate surface area is 119 Å². The molecule has 3 atom stereocenters. The van der Waals surface area contributed by atoms with Crippen LogP contribution in [-0.2, 0) is 9.53 Å². The number of Topliss-reactive ketones (excluding diaryl/α,β-unsaturated/α-hetero) is 1. The molecule has 2 rings (SSSR count). The monoisotopic (exact) mass is 273 g/mol. The lowest BCUT2D eigenvalue weighted by molar-refractivity contribution is -0.124. The maximum atomic E-state index is 12.7. The molecule has 1 saturated heterocycles. The number of benzene rings is 1. The van der Waals surface area contributed by atoms with E-state index in [1.54, 1.807) is 19.2 Å². The van der Waals surface area contributed by atoms with Gasteiger partial charge in [-0.05, 0) is 18.9 Å². The van der Waals surface area contributed by atoms with Crippen LogP contribution in [0.3, 0.4) is 0 Å². The predicted molar refractivity (Wildman–Crippen MR) is 74.5 cm³/mol. The second-order valence-electron chi connectivity index (χ2n) is 4.92. The molecule has 20 heavy (non-hydrogen) atoms. The van der Waals surface area contributed by atoms with Crippen molar-refractivity contribution in [2.45, 2.75) is 31.8 Å². The van der Waals surface area contributed by atoms with E-state index in [1.165, 1.54) is 0 Å². The summed E-state index contributed by atoms with van der Waals surface area (Å²) in [7, 11) is 1.55. The van der Waals surface area contributed by atoms with Gasteiger partial charge < -0.3 is 9.47 Å². The second-order valence-corrected chi connectivity index (χ2v) is 4.92. The van der Waals surface area contributed by atoms with Gasteiger partial charge in [0.25, 0.3) is 0 Å². The van der Waals surface area contributed by atoms with Gasteiger partial charge in [0.05, 0.1) is 19.3 Å². The molecule has 1 aromatic carbocycles. The lowest BCUT2D eigenvalue weighted by Gasteiger charge is -2.19. The molecule has 0 spiro atoms. The molecular weight excluding hydrogens is 254 g/mol. The van der Waals surface area contributed by atoms with Crippen molar-refractivity contribution in [2.24, 2.45) is 5.92 Å². The van der Waals surface area contributed by atoms with Crippen molar-refractivity contribution in [3.8, 4) is 11.8 Å². The molecule has 1 aromatic rings. The van der Waals surface area contributed by atoms with Crippen LogP contribution in [0.2, 0.25) is 0 Å². The van der Waals surface area contributed by atoms with Crippen LogP contribution < -0.4 is 4.74 Å². The Balaban J connectivity index is 2.28. The van der Waals surface area contributed by atoms with E-state index in [1.807, 2.05) is 19.1 Å². The molecular formula is C16H19NO3. The van der Waals surface area contributed by atoms with E-state index in [2.05, 4.69) is 6.07 Å². The zero-order valence-electron chi connectivity index (χ0n) is 11.8. The highest BCUT2D eigenvalue weighted by Gasteiger charge is 2.37. The van der Waals surface area contributed by atoms with Crippen LogP contribution in [0.4, 0.5) is 0 Å². The fourth-order valence-electron chi connectivity index (χ4n) is 2.78. The maximum Gasteiger partial charge on any atom is 0.160 e. The highest BCUT2D eigenvalue weighted by Crippen LogP contribution is 2.33. The summed E-state index contributed by atoms with van der Waals surface area (Å²) in [6.45, 7) is 2.60. The van der Waals surface area contributed by atoms with E-state index in [0.717, 1.165) is 6.42 Å². The average molecular weight is 273 g/mol. The smallest absolute Gasteiger partial charge is 0.160 e. The Bertz CT molecular complexity index is 521. The topological polar surface area (TPSA) is 59.3 Å². The number of rotatable bonds is 5. The van der Waals surface area contributed by atoms with Crippen LogP contribution in [-0.4, -0.2) is 25.6 Å². The Morgan fingerprint density at radius 3 is 2.95 bits per heavy atom. The van der Waals surface area contributed by atoms with Crippen molar-refractivity contribution < 1.29 is 14.3 Å². The van der Waals surface area contributed by atoms with Gasteiger partial charge in [-0.2, -0.15) is 5.26 Å². The fraction of sp³-hybridized carbons (Fsp3) is 0.500. The van der Waals surface area contributed by atoms with E-state index in [9.17, 15) is 10.1 Å². The summed E-state index contributed by atoms with van der Waals surface area (Å²) < 4.78 is 10.8. The van der Waals surface area contributed by atoms with Gasteiger partial charge >= 0.3 is 0 Å². The molecule has 0 amide bonds. The number of ketones is 1. The maximum absolute atomic E-state index is 12.7. The highest BCUT2D eigenvalue weighted by atomic mass is 16.5. The molecule has 4 heteroatoms. The zero-order valence-corrected chi connectivity index (χ0v) is 11.8. The van der Waals surface area contributed by atoms with Crippen molar-refractivity contribution in [3.63, 3.8) is 0 Å². The third kappa shape index (κ3) is 2.68. The molecule has 3 unspecified atom stereocenters. The average Bonchev–Trinajstić information content (AvgIpc) is 2.96. The van der Waals surface area contributed by atoms with E-state index in [0.29, 0.717) is 24.3 Å². The normalized spacial score (nSPS) is 23.1. The minimum absolute atomic E-state index is 0.0543. The van der Waals surface area contributed by atoms with Gasteiger partial charge in [0.1, 0.15) is 11.7 Å². The quantitative estimate of drug-likeness (QED) is 0.827. The number of hydrogen-bond acceptors (Lipinski definition) is 4. The van der Waals surface area contributed by atoms with E-state index in [-0.39, 0.29) is 17.8 Å². The van der Waals surface area contributed by atoms with Gasteiger partial charge in [0, 0.05) is 18.1 Å². The molecule has 4 nitrogen and oxygen atoms in total.